The summed E-state index contributed by atoms with van der Waals surface area (Å²) in [5.74, 6) is 0.130. The van der Waals surface area contributed by atoms with Crippen molar-refractivity contribution in [3.8, 4) is 5.75 Å². The predicted molar refractivity (Wildman–Crippen MR) is 166 cm³/mol. The van der Waals surface area contributed by atoms with Crippen LogP contribution in [0.2, 0.25) is 0 Å². The van der Waals surface area contributed by atoms with Crippen molar-refractivity contribution < 1.29 is 27.9 Å². The molecule has 0 bridgehead atoms. The molecule has 3 N–H and O–H groups in total. The van der Waals surface area contributed by atoms with Crippen LogP contribution in [0.5, 0.6) is 5.75 Å². The number of amides is 3. The van der Waals surface area contributed by atoms with Gasteiger partial charge in [0.2, 0.25) is 15.9 Å². The van der Waals surface area contributed by atoms with Crippen LogP contribution in [0, 0.1) is 5.92 Å². The Morgan fingerprint density at radius 3 is 2.49 bits per heavy atom. The van der Waals surface area contributed by atoms with E-state index in [1.807, 2.05) is 61.7 Å². The molecule has 1 aliphatic rings. The van der Waals surface area contributed by atoms with Gasteiger partial charge < -0.3 is 25.4 Å². The third-order valence-corrected chi connectivity index (χ3v) is 10.3. The number of ether oxygens (including phenoxy) is 1. The Labute approximate surface area is 257 Å². The Hall–Kier alpha value is -3.45. The fraction of sp³-hybridized carbons (Fsp3) is 0.419. The molecule has 1 aromatic heterocycles. The number of urea groups is 1. The molecule has 2 aromatic carbocycles. The molecule has 12 heteroatoms. The van der Waals surface area contributed by atoms with Gasteiger partial charge >= 0.3 is 6.03 Å². The van der Waals surface area contributed by atoms with Crippen LogP contribution in [0.3, 0.4) is 0 Å². The summed E-state index contributed by atoms with van der Waals surface area (Å²) in [7, 11) is -2.47. The van der Waals surface area contributed by atoms with Crippen molar-refractivity contribution in [1.29, 1.82) is 0 Å². The van der Waals surface area contributed by atoms with E-state index in [9.17, 15) is 23.1 Å². The number of thiophene rings is 1. The number of nitrogens with zero attached hydrogens (tertiary/aromatic N) is 2. The van der Waals surface area contributed by atoms with Crippen molar-refractivity contribution in [1.82, 2.24) is 19.8 Å². The molecule has 43 heavy (non-hydrogen) atoms. The third-order valence-electron chi connectivity index (χ3n) is 7.62. The first-order valence-electron chi connectivity index (χ1n) is 14.3. The first kappa shape index (κ1) is 32.5. The Kier molecular flexibility index (Phi) is 11.2. The quantitative estimate of drug-likeness (QED) is 0.237. The summed E-state index contributed by atoms with van der Waals surface area (Å²) in [5, 5.41) is 19.1. The lowest BCUT2D eigenvalue weighted by atomic mass is 10.00. The normalized spacial score (nSPS) is 17.4. The smallest absolute Gasteiger partial charge is 0.318 e. The molecule has 0 saturated carbocycles. The highest BCUT2D eigenvalue weighted by molar-refractivity contribution is 7.89. The van der Waals surface area contributed by atoms with Gasteiger partial charge in [-0.1, -0.05) is 56.7 Å². The van der Waals surface area contributed by atoms with E-state index in [1.54, 1.807) is 17.0 Å². The molecule has 2 unspecified atom stereocenters. The second-order valence-corrected chi connectivity index (χ2v) is 13.8. The Morgan fingerprint density at radius 2 is 1.86 bits per heavy atom. The minimum absolute atomic E-state index is 0.0328. The molecule has 4 rings (SSSR count). The Bertz CT molecular complexity index is 1430. The van der Waals surface area contributed by atoms with Gasteiger partial charge in [0, 0.05) is 18.0 Å². The number of hydrogen-bond acceptors (Lipinski definition) is 7. The molecule has 1 saturated heterocycles. The number of carbonyl (C=O) groups excluding carboxylic acids is 2. The van der Waals surface area contributed by atoms with Crippen LogP contribution in [0.25, 0.3) is 0 Å². The highest BCUT2D eigenvalue weighted by Gasteiger charge is 2.37. The fourth-order valence-corrected chi connectivity index (χ4v) is 7.18. The summed E-state index contributed by atoms with van der Waals surface area (Å²) in [6.07, 6.45) is -0.216. The fourth-order valence-electron chi connectivity index (χ4n) is 4.88. The molecule has 1 aliphatic heterocycles. The van der Waals surface area contributed by atoms with Crippen LogP contribution in [-0.4, -0.2) is 79.6 Å². The van der Waals surface area contributed by atoms with Crippen LogP contribution < -0.4 is 15.4 Å². The summed E-state index contributed by atoms with van der Waals surface area (Å²) in [5.41, 5.74) is 0.869. The average Bonchev–Trinajstić information content (AvgIpc) is 3.66. The number of aliphatic hydroxyl groups excluding tert-OH is 1. The molecular formula is C31H40N4O6S2. The molecule has 3 amide bonds. The van der Waals surface area contributed by atoms with Crippen LogP contribution in [-0.2, 0) is 27.8 Å². The van der Waals surface area contributed by atoms with Gasteiger partial charge in [0.1, 0.15) is 11.8 Å². The monoisotopic (exact) mass is 628 g/mol. The molecule has 3 aromatic rings. The van der Waals surface area contributed by atoms with Crippen LogP contribution in [0.4, 0.5) is 4.79 Å². The van der Waals surface area contributed by atoms with E-state index < -0.39 is 34.1 Å². The second-order valence-electron chi connectivity index (χ2n) is 10.8. The van der Waals surface area contributed by atoms with Crippen LogP contribution in [0.1, 0.15) is 30.7 Å². The van der Waals surface area contributed by atoms with Crippen LogP contribution in [0.15, 0.2) is 77.0 Å². The number of methoxy groups -OCH3 is 1. The maximum absolute atomic E-state index is 13.8. The number of sulfonamides is 1. The molecule has 0 aliphatic carbocycles. The molecule has 232 valence electrons. The zero-order valence-corrected chi connectivity index (χ0v) is 26.3. The lowest BCUT2D eigenvalue weighted by Crippen LogP contribution is -2.54. The van der Waals surface area contributed by atoms with E-state index in [2.05, 4.69) is 10.6 Å². The summed E-state index contributed by atoms with van der Waals surface area (Å²) >= 11 is 1.54. The molecule has 10 nitrogen and oxygen atoms in total. The number of hydrogen-bond donors (Lipinski definition) is 3. The standard InChI is InChI=1S/C31H40N4O6S2/c1-4-22(2)18-35(43(39,40)26-14-12-24(41-3)13-15-26)21-29(36)27(17-23-9-6-5-7-10-23)32-30(37)28-20-34(31(38)33-28)19-25-11-8-16-42-25/h5-16,22,27-29,36H,4,17-21H2,1-3H3,(H,32,37)(H,33,38)/t22-,27?,28+,29?/m1/s1. The van der Waals surface area contributed by atoms with Crippen molar-refractivity contribution >= 4 is 33.3 Å². The zero-order valence-electron chi connectivity index (χ0n) is 24.7. The molecular weight excluding hydrogens is 588 g/mol. The van der Waals surface area contributed by atoms with Gasteiger partial charge in [-0.2, -0.15) is 4.31 Å². The topological polar surface area (TPSA) is 128 Å². The summed E-state index contributed by atoms with van der Waals surface area (Å²) < 4.78 is 34.0. The van der Waals surface area contributed by atoms with E-state index in [4.69, 9.17) is 4.74 Å². The van der Waals surface area contributed by atoms with E-state index in [0.717, 1.165) is 16.9 Å². The first-order chi connectivity index (χ1) is 20.6. The average molecular weight is 629 g/mol. The lowest BCUT2D eigenvalue weighted by molar-refractivity contribution is -0.124. The lowest BCUT2D eigenvalue weighted by Gasteiger charge is -2.31. The van der Waals surface area contributed by atoms with Gasteiger partial charge in [-0.3, -0.25) is 4.79 Å². The Balaban J connectivity index is 1.53. The first-order valence-corrected chi connectivity index (χ1v) is 16.7. The highest BCUT2D eigenvalue weighted by Crippen LogP contribution is 2.23. The number of aliphatic hydroxyl groups is 1. The van der Waals surface area contributed by atoms with E-state index >= 15 is 0 Å². The summed E-state index contributed by atoms with van der Waals surface area (Å²) in [4.78, 5) is 28.7. The van der Waals surface area contributed by atoms with E-state index in [1.165, 1.54) is 34.9 Å². The third kappa shape index (κ3) is 8.56. The summed E-state index contributed by atoms with van der Waals surface area (Å²) in [6.45, 7) is 4.49. The van der Waals surface area contributed by atoms with Gasteiger partial charge in [-0.05, 0) is 53.6 Å². The van der Waals surface area contributed by atoms with E-state index in [0.29, 0.717) is 12.3 Å². The molecule has 0 radical (unpaired) electrons. The van der Waals surface area contributed by atoms with E-state index in [-0.39, 0.29) is 42.9 Å². The zero-order chi connectivity index (χ0) is 31.0. The Morgan fingerprint density at radius 1 is 1.14 bits per heavy atom. The molecule has 2 heterocycles. The van der Waals surface area contributed by atoms with Gasteiger partial charge in [0.25, 0.3) is 0 Å². The van der Waals surface area contributed by atoms with Crippen LogP contribution >= 0.6 is 11.3 Å². The van der Waals surface area contributed by atoms with Crippen molar-refractivity contribution in [2.24, 2.45) is 5.92 Å². The predicted octanol–water partition coefficient (Wildman–Crippen LogP) is 3.48. The molecule has 0 spiro atoms. The van der Waals surface area contributed by atoms with Crippen molar-refractivity contribution in [3.05, 3.63) is 82.6 Å². The number of rotatable bonds is 15. The SMILES string of the molecule is CC[C@@H](C)CN(CC(O)C(Cc1ccccc1)NC(=O)[C@@H]1CN(Cc2cccs2)C(=O)N1)S(=O)(=O)c1ccc(OC)cc1. The maximum Gasteiger partial charge on any atom is 0.318 e. The van der Waals surface area contributed by atoms with Crippen molar-refractivity contribution in [2.75, 3.05) is 26.7 Å². The molecule has 4 atom stereocenters. The van der Waals surface area contributed by atoms with Gasteiger partial charge in [-0.25, -0.2) is 13.2 Å². The van der Waals surface area contributed by atoms with Crippen molar-refractivity contribution in [3.63, 3.8) is 0 Å². The van der Waals surface area contributed by atoms with Gasteiger partial charge in [0.15, 0.2) is 0 Å². The second kappa shape index (κ2) is 14.8. The van der Waals surface area contributed by atoms with Gasteiger partial charge in [-0.15, -0.1) is 11.3 Å². The van der Waals surface area contributed by atoms with Crippen molar-refractivity contribution in [2.45, 2.75) is 56.3 Å². The highest BCUT2D eigenvalue weighted by atomic mass is 32.2. The minimum atomic E-state index is -3.97. The minimum Gasteiger partial charge on any atom is -0.497 e. The largest absolute Gasteiger partial charge is 0.497 e. The summed E-state index contributed by atoms with van der Waals surface area (Å²) in [6, 6.07) is 17.4. The number of nitrogens with one attached hydrogen (secondary N) is 2. The van der Waals surface area contributed by atoms with Gasteiger partial charge in [0.05, 0.1) is 37.2 Å². The molecule has 1 fully saturated rings. The number of benzene rings is 2. The maximum atomic E-state index is 13.8. The number of carbonyl (C=O) groups is 2.